The lowest BCUT2D eigenvalue weighted by molar-refractivity contribution is 0.477. The highest BCUT2D eigenvalue weighted by Crippen LogP contribution is 2.56. The molecule has 4 nitrogen and oxygen atoms in total. The van der Waals surface area contributed by atoms with Crippen LogP contribution < -0.4 is 19.3 Å². The number of para-hydroxylation sites is 8. The number of anilines is 6. The Morgan fingerprint density at radius 2 is 0.758 bits per heavy atom. The number of ether oxygens (including phenoxy) is 2. The van der Waals surface area contributed by atoms with Gasteiger partial charge in [-0.1, -0.05) is 146 Å². The topological polar surface area (TPSA) is 24.9 Å². The molecular formula is C62H38N2O2. The van der Waals surface area contributed by atoms with E-state index in [-0.39, 0.29) is 0 Å². The van der Waals surface area contributed by atoms with Crippen LogP contribution in [0.4, 0.5) is 34.1 Å². The molecule has 66 heavy (non-hydrogen) atoms. The van der Waals surface area contributed by atoms with E-state index in [1.807, 2.05) is 24.3 Å². The molecule has 2 heterocycles. The third-order valence-electron chi connectivity index (χ3n) is 13.7. The van der Waals surface area contributed by atoms with Gasteiger partial charge in [0.05, 0.1) is 22.7 Å². The van der Waals surface area contributed by atoms with Gasteiger partial charge in [-0.15, -0.1) is 0 Å². The molecule has 0 N–H and O–H groups in total. The van der Waals surface area contributed by atoms with Crippen molar-refractivity contribution >= 4 is 72.0 Å². The van der Waals surface area contributed by atoms with Crippen molar-refractivity contribution in [2.45, 2.75) is 0 Å². The molecule has 1 aliphatic carbocycles. The summed E-state index contributed by atoms with van der Waals surface area (Å²) in [6, 6.07) is 78.3. The van der Waals surface area contributed by atoms with Crippen LogP contribution in [0.5, 0.6) is 23.0 Å². The summed E-state index contributed by atoms with van der Waals surface area (Å²) < 4.78 is 13.0. The van der Waals surface area contributed by atoms with Gasteiger partial charge in [-0.3, -0.25) is 0 Å². The third kappa shape index (κ3) is 5.33. The zero-order chi connectivity index (χ0) is 43.5. The Morgan fingerprint density at radius 3 is 1.35 bits per heavy atom. The van der Waals surface area contributed by atoms with Gasteiger partial charge in [-0.2, -0.15) is 0 Å². The molecular weight excluding hydrogens is 805 g/mol. The molecule has 0 saturated heterocycles. The van der Waals surface area contributed by atoms with Crippen molar-refractivity contribution in [2.75, 3.05) is 9.80 Å². The summed E-state index contributed by atoms with van der Waals surface area (Å²) in [4.78, 5) is 4.69. The van der Waals surface area contributed by atoms with E-state index in [2.05, 4.69) is 204 Å². The van der Waals surface area contributed by atoms with Crippen LogP contribution in [-0.2, 0) is 0 Å². The van der Waals surface area contributed by atoms with E-state index in [9.17, 15) is 0 Å². The second kappa shape index (κ2) is 14.1. The molecule has 0 aromatic heterocycles. The molecule has 4 heteroatoms. The molecule has 0 radical (unpaired) electrons. The van der Waals surface area contributed by atoms with Crippen LogP contribution in [0.3, 0.4) is 0 Å². The van der Waals surface area contributed by atoms with Crippen molar-refractivity contribution in [2.24, 2.45) is 0 Å². The van der Waals surface area contributed by atoms with Gasteiger partial charge in [0.2, 0.25) is 0 Å². The standard InChI is InChI=1S/C62H38N2O2/c1-38-44-17-4-5-18-45(44)46-19-14-20-49(60(38)46)62-48-34-32-42(63-52-21-6-10-25-56(52)65-57-26-11-7-22-53(57)63)36-50(48)61(41-30-29-39-15-2-3-16-40(39)35-41)47-33-31-43(37-51(47)62)64-54-23-8-12-27-58(54)66-59-28-13-9-24-55(59)64/h2-37H,1H2. The Bertz CT molecular complexity index is 3790. The first-order valence-corrected chi connectivity index (χ1v) is 22.4. The summed E-state index contributed by atoms with van der Waals surface area (Å²) >= 11 is 0. The van der Waals surface area contributed by atoms with E-state index < -0.39 is 0 Å². The summed E-state index contributed by atoms with van der Waals surface area (Å²) in [5.74, 6) is 3.28. The van der Waals surface area contributed by atoms with Crippen LogP contribution in [0.15, 0.2) is 225 Å². The Morgan fingerprint density at radius 1 is 0.303 bits per heavy atom. The quantitative estimate of drug-likeness (QED) is 0.165. The monoisotopic (exact) mass is 842 g/mol. The lowest BCUT2D eigenvalue weighted by Gasteiger charge is -2.33. The Kier molecular flexibility index (Phi) is 7.80. The van der Waals surface area contributed by atoms with Crippen LogP contribution in [0.1, 0.15) is 11.1 Å². The van der Waals surface area contributed by atoms with Crippen molar-refractivity contribution < 1.29 is 9.47 Å². The van der Waals surface area contributed by atoms with Crippen LogP contribution in [0.25, 0.3) is 71.3 Å². The highest BCUT2D eigenvalue weighted by molar-refractivity contribution is 6.25. The summed E-state index contributed by atoms with van der Waals surface area (Å²) in [5, 5.41) is 7.02. The molecule has 0 amide bonds. The van der Waals surface area contributed by atoms with Gasteiger partial charge in [0.25, 0.3) is 0 Å². The minimum atomic E-state index is 0.820. The lowest BCUT2D eigenvalue weighted by Crippen LogP contribution is -2.16. The number of hydrogen-bond donors (Lipinski definition) is 0. The SMILES string of the molecule is C=C1c2ccccc2-c2cccc(-c3c4ccc(N5c6ccccc6Oc6ccccc65)cc4c(-c4ccc5ccccc5c4)c4ccc(N5c6ccccc6Oc6ccccc65)cc34)c21. The molecule has 11 aromatic carbocycles. The van der Waals surface area contributed by atoms with Crippen LogP contribution in [-0.4, -0.2) is 0 Å². The molecule has 308 valence electrons. The maximum Gasteiger partial charge on any atom is 0.151 e. The first kappa shape index (κ1) is 36.6. The van der Waals surface area contributed by atoms with Crippen LogP contribution in [0, 0.1) is 0 Å². The van der Waals surface area contributed by atoms with Crippen LogP contribution in [0.2, 0.25) is 0 Å². The number of rotatable bonds is 4. The smallest absolute Gasteiger partial charge is 0.151 e. The van der Waals surface area contributed by atoms with Gasteiger partial charge in [-0.25, -0.2) is 0 Å². The van der Waals surface area contributed by atoms with Gasteiger partial charge >= 0.3 is 0 Å². The average Bonchev–Trinajstić information content (AvgIpc) is 3.67. The van der Waals surface area contributed by atoms with Crippen LogP contribution >= 0.6 is 0 Å². The van der Waals surface area contributed by atoms with Gasteiger partial charge in [0.15, 0.2) is 23.0 Å². The highest BCUT2D eigenvalue weighted by Gasteiger charge is 2.31. The molecule has 0 saturated carbocycles. The Labute approximate surface area is 382 Å². The summed E-state index contributed by atoms with van der Waals surface area (Å²) in [7, 11) is 0. The zero-order valence-corrected chi connectivity index (χ0v) is 35.7. The first-order chi connectivity index (χ1) is 32.7. The summed E-state index contributed by atoms with van der Waals surface area (Å²) in [5.41, 5.74) is 16.5. The molecule has 0 unspecified atom stereocenters. The molecule has 0 fully saturated rings. The van der Waals surface area contributed by atoms with E-state index in [4.69, 9.17) is 16.1 Å². The molecule has 0 atom stereocenters. The fourth-order valence-corrected chi connectivity index (χ4v) is 10.8. The molecule has 3 aliphatic rings. The van der Waals surface area contributed by atoms with Gasteiger partial charge in [0, 0.05) is 11.4 Å². The van der Waals surface area contributed by atoms with Crippen molar-refractivity contribution in [1.29, 1.82) is 0 Å². The predicted molar refractivity (Wildman–Crippen MR) is 273 cm³/mol. The largest absolute Gasteiger partial charge is 0.453 e. The highest BCUT2D eigenvalue weighted by atomic mass is 16.5. The molecule has 11 aromatic rings. The second-order valence-electron chi connectivity index (χ2n) is 17.3. The van der Waals surface area contributed by atoms with E-state index >= 15 is 0 Å². The van der Waals surface area contributed by atoms with Gasteiger partial charge in [0.1, 0.15) is 0 Å². The molecule has 2 aliphatic heterocycles. The minimum Gasteiger partial charge on any atom is -0.453 e. The first-order valence-electron chi connectivity index (χ1n) is 22.4. The summed E-state index contributed by atoms with van der Waals surface area (Å²) in [6.45, 7) is 4.80. The van der Waals surface area contributed by atoms with E-state index in [0.29, 0.717) is 0 Å². The Balaban J connectivity index is 1.12. The number of benzene rings is 11. The number of hydrogen-bond acceptors (Lipinski definition) is 4. The summed E-state index contributed by atoms with van der Waals surface area (Å²) in [6.07, 6.45) is 0. The normalized spacial score (nSPS) is 13.1. The average molecular weight is 843 g/mol. The van der Waals surface area contributed by atoms with Crippen molar-refractivity contribution in [1.82, 2.24) is 0 Å². The maximum atomic E-state index is 6.51. The number of fused-ring (bicyclic) bond motifs is 10. The fourth-order valence-electron chi connectivity index (χ4n) is 10.8. The van der Waals surface area contributed by atoms with E-state index in [1.165, 1.54) is 44.2 Å². The third-order valence-corrected chi connectivity index (χ3v) is 13.7. The van der Waals surface area contributed by atoms with E-state index in [1.54, 1.807) is 0 Å². The van der Waals surface area contributed by atoms with E-state index in [0.717, 1.165) is 95.4 Å². The number of nitrogens with zero attached hydrogens (tertiary/aromatic N) is 2. The second-order valence-corrected chi connectivity index (χ2v) is 17.3. The predicted octanol–water partition coefficient (Wildman–Crippen LogP) is 17.7. The molecule has 0 bridgehead atoms. The maximum absolute atomic E-state index is 6.51. The van der Waals surface area contributed by atoms with Crippen molar-refractivity contribution in [3.63, 3.8) is 0 Å². The molecule has 0 spiro atoms. The van der Waals surface area contributed by atoms with Crippen molar-refractivity contribution in [3.05, 3.63) is 236 Å². The Hall–Kier alpha value is -8.86. The van der Waals surface area contributed by atoms with Gasteiger partial charge in [-0.05, 0) is 161 Å². The fraction of sp³-hybridized carbons (Fsp3) is 0. The lowest BCUT2D eigenvalue weighted by atomic mass is 9.82. The minimum absolute atomic E-state index is 0.820. The van der Waals surface area contributed by atoms with Gasteiger partial charge < -0.3 is 19.3 Å². The molecule has 14 rings (SSSR count). The van der Waals surface area contributed by atoms with Crippen molar-refractivity contribution in [3.8, 4) is 56.4 Å². The zero-order valence-electron chi connectivity index (χ0n) is 35.7.